The average Bonchev–Trinajstić information content (AvgIpc) is 2.56. The van der Waals surface area contributed by atoms with Gasteiger partial charge in [-0.05, 0) is 50.9 Å². The molecule has 0 unspecified atom stereocenters. The van der Waals surface area contributed by atoms with Gasteiger partial charge in [0.2, 0.25) is 5.91 Å². The van der Waals surface area contributed by atoms with E-state index in [1.165, 1.54) is 0 Å². The molecule has 1 saturated heterocycles. The van der Waals surface area contributed by atoms with E-state index >= 15 is 0 Å². The molecule has 5 nitrogen and oxygen atoms in total. The van der Waals surface area contributed by atoms with Crippen molar-refractivity contribution in [3.8, 4) is 0 Å². The number of hydrogen-bond donors (Lipinski definition) is 1. The molecule has 0 radical (unpaired) electrons. The molecule has 2 rings (SSSR count). The molecule has 1 N–H and O–H groups in total. The molecule has 1 heterocycles. The van der Waals surface area contributed by atoms with Crippen LogP contribution in [0.5, 0.6) is 0 Å². The maximum Gasteiger partial charge on any atom is 0.309 e. The number of likely N-dealkylation sites (tertiary alicyclic amines) is 1. The van der Waals surface area contributed by atoms with Crippen molar-refractivity contribution in [3.05, 3.63) is 29.8 Å². The van der Waals surface area contributed by atoms with Gasteiger partial charge in [0.25, 0.3) is 0 Å². The van der Waals surface area contributed by atoms with Gasteiger partial charge in [-0.2, -0.15) is 0 Å². The van der Waals surface area contributed by atoms with Crippen molar-refractivity contribution in [2.75, 3.05) is 31.6 Å². The lowest BCUT2D eigenvalue weighted by Crippen LogP contribution is -2.41. The number of amides is 1. The molecule has 1 aliphatic rings. The third-order valence-corrected chi connectivity index (χ3v) is 4.25. The third-order valence-electron chi connectivity index (χ3n) is 4.25. The van der Waals surface area contributed by atoms with E-state index in [9.17, 15) is 9.59 Å². The first-order valence-electron chi connectivity index (χ1n) is 8.40. The molecule has 5 heteroatoms. The molecular formula is C18H26N2O3. The van der Waals surface area contributed by atoms with Gasteiger partial charge in [0, 0.05) is 5.69 Å². The number of esters is 1. The number of benzene rings is 1. The summed E-state index contributed by atoms with van der Waals surface area (Å²) in [5.41, 5.74) is 2.03. The van der Waals surface area contributed by atoms with Crippen molar-refractivity contribution >= 4 is 17.6 Å². The SMILES string of the molecule is CCOC(=O)C1CCN(CC(=O)Nc2ccccc2CC)CC1. The van der Waals surface area contributed by atoms with Crippen LogP contribution in [0, 0.1) is 5.92 Å². The Kier molecular flexibility index (Phi) is 6.59. The molecule has 23 heavy (non-hydrogen) atoms. The maximum absolute atomic E-state index is 12.2. The number of ether oxygens (including phenoxy) is 1. The molecule has 0 spiro atoms. The van der Waals surface area contributed by atoms with Gasteiger partial charge >= 0.3 is 5.97 Å². The summed E-state index contributed by atoms with van der Waals surface area (Å²) in [7, 11) is 0. The van der Waals surface area contributed by atoms with Crippen molar-refractivity contribution in [1.29, 1.82) is 0 Å². The summed E-state index contributed by atoms with van der Waals surface area (Å²) in [6, 6.07) is 7.87. The first-order valence-corrected chi connectivity index (χ1v) is 8.40. The number of hydrogen-bond acceptors (Lipinski definition) is 4. The van der Waals surface area contributed by atoms with Crippen molar-refractivity contribution < 1.29 is 14.3 Å². The lowest BCUT2D eigenvalue weighted by Gasteiger charge is -2.30. The lowest BCUT2D eigenvalue weighted by molar-refractivity contribution is -0.149. The largest absolute Gasteiger partial charge is 0.466 e. The summed E-state index contributed by atoms with van der Waals surface area (Å²) < 4.78 is 5.07. The molecular weight excluding hydrogens is 292 g/mol. The zero-order valence-corrected chi connectivity index (χ0v) is 14.0. The van der Waals surface area contributed by atoms with E-state index in [2.05, 4.69) is 17.1 Å². The van der Waals surface area contributed by atoms with Crippen LogP contribution in [0.15, 0.2) is 24.3 Å². The molecule has 1 fully saturated rings. The van der Waals surface area contributed by atoms with Crippen LogP contribution in [0.25, 0.3) is 0 Å². The van der Waals surface area contributed by atoms with Crippen LogP contribution < -0.4 is 5.32 Å². The second-order valence-electron chi connectivity index (χ2n) is 5.86. The van der Waals surface area contributed by atoms with Crippen molar-refractivity contribution in [2.45, 2.75) is 33.1 Å². The Morgan fingerprint density at radius 3 is 2.57 bits per heavy atom. The van der Waals surface area contributed by atoms with Crippen molar-refractivity contribution in [3.63, 3.8) is 0 Å². The molecule has 1 aliphatic heterocycles. The van der Waals surface area contributed by atoms with Crippen LogP contribution in [0.1, 0.15) is 32.3 Å². The Balaban J connectivity index is 1.80. The van der Waals surface area contributed by atoms with Crippen LogP contribution in [-0.2, 0) is 20.7 Å². The number of rotatable bonds is 6. The summed E-state index contributed by atoms with van der Waals surface area (Å²) in [6.07, 6.45) is 2.41. The third kappa shape index (κ3) is 5.06. The smallest absolute Gasteiger partial charge is 0.309 e. The van der Waals surface area contributed by atoms with E-state index in [1.807, 2.05) is 31.2 Å². The number of para-hydroxylation sites is 1. The second-order valence-corrected chi connectivity index (χ2v) is 5.86. The fraction of sp³-hybridized carbons (Fsp3) is 0.556. The van der Waals surface area contributed by atoms with Crippen molar-refractivity contribution in [1.82, 2.24) is 4.90 Å². The lowest BCUT2D eigenvalue weighted by atomic mass is 9.97. The minimum absolute atomic E-state index is 0.000449. The Labute approximate surface area is 138 Å². The van der Waals surface area contributed by atoms with Crippen LogP contribution in [-0.4, -0.2) is 43.0 Å². The van der Waals surface area contributed by atoms with Crippen LogP contribution in [0.4, 0.5) is 5.69 Å². The Morgan fingerprint density at radius 1 is 1.22 bits per heavy atom. The summed E-state index contributed by atoms with van der Waals surface area (Å²) in [5.74, 6) is -0.121. The van der Waals surface area contributed by atoms with Gasteiger partial charge < -0.3 is 10.1 Å². The number of piperidine rings is 1. The van der Waals surface area contributed by atoms with Crippen LogP contribution in [0.3, 0.4) is 0 Å². The zero-order valence-electron chi connectivity index (χ0n) is 14.0. The average molecular weight is 318 g/mol. The summed E-state index contributed by atoms with van der Waals surface area (Å²) in [5, 5.41) is 2.99. The molecule has 126 valence electrons. The predicted octanol–water partition coefficient (Wildman–Crippen LogP) is 2.46. The Morgan fingerprint density at radius 2 is 1.91 bits per heavy atom. The van der Waals surface area contributed by atoms with Crippen LogP contribution >= 0.6 is 0 Å². The number of anilines is 1. The van der Waals surface area contributed by atoms with E-state index in [4.69, 9.17) is 4.74 Å². The molecule has 0 bridgehead atoms. The van der Waals surface area contributed by atoms with Gasteiger partial charge in [-0.3, -0.25) is 14.5 Å². The minimum atomic E-state index is -0.103. The molecule has 0 aromatic heterocycles. The number of nitrogens with one attached hydrogen (secondary N) is 1. The van der Waals surface area contributed by atoms with Crippen molar-refractivity contribution in [2.24, 2.45) is 5.92 Å². The van der Waals surface area contributed by atoms with Gasteiger partial charge in [-0.25, -0.2) is 0 Å². The highest BCUT2D eigenvalue weighted by atomic mass is 16.5. The predicted molar refractivity (Wildman–Crippen MR) is 90.2 cm³/mol. The monoisotopic (exact) mass is 318 g/mol. The molecule has 1 aromatic rings. The standard InChI is InChI=1S/C18H26N2O3/c1-3-14-7-5-6-8-16(14)19-17(21)13-20-11-9-15(10-12-20)18(22)23-4-2/h5-8,15H,3-4,9-13H2,1-2H3,(H,19,21). The van der Waals surface area contributed by atoms with E-state index in [0.717, 1.165) is 43.6 Å². The van der Waals surface area contributed by atoms with E-state index in [1.54, 1.807) is 0 Å². The number of nitrogens with zero attached hydrogens (tertiary/aromatic N) is 1. The second kappa shape index (κ2) is 8.67. The van der Waals surface area contributed by atoms with Gasteiger partial charge in [0.05, 0.1) is 19.1 Å². The van der Waals surface area contributed by atoms with E-state index in [-0.39, 0.29) is 17.8 Å². The minimum Gasteiger partial charge on any atom is -0.466 e. The van der Waals surface area contributed by atoms with Gasteiger partial charge in [-0.1, -0.05) is 25.1 Å². The molecule has 1 aromatic carbocycles. The highest BCUT2D eigenvalue weighted by Crippen LogP contribution is 2.19. The highest BCUT2D eigenvalue weighted by Gasteiger charge is 2.26. The number of aryl methyl sites for hydroxylation is 1. The summed E-state index contributed by atoms with van der Waals surface area (Å²) >= 11 is 0. The fourth-order valence-corrected chi connectivity index (χ4v) is 2.93. The quantitative estimate of drug-likeness (QED) is 0.819. The summed E-state index contributed by atoms with van der Waals surface area (Å²) in [6.45, 7) is 6.21. The van der Waals surface area contributed by atoms with E-state index < -0.39 is 0 Å². The molecule has 0 atom stereocenters. The topological polar surface area (TPSA) is 58.6 Å². The maximum atomic E-state index is 12.2. The van der Waals surface area contributed by atoms with E-state index in [0.29, 0.717) is 13.2 Å². The molecule has 1 amide bonds. The molecule has 0 saturated carbocycles. The van der Waals surface area contributed by atoms with Gasteiger partial charge in [0.15, 0.2) is 0 Å². The molecule has 0 aliphatic carbocycles. The van der Waals surface area contributed by atoms with Gasteiger partial charge in [0.1, 0.15) is 0 Å². The Bertz CT molecular complexity index is 537. The first kappa shape index (κ1) is 17.5. The van der Waals surface area contributed by atoms with Crippen LogP contribution in [0.2, 0.25) is 0 Å². The first-order chi connectivity index (χ1) is 11.1. The highest BCUT2D eigenvalue weighted by molar-refractivity contribution is 5.93. The zero-order chi connectivity index (χ0) is 16.7. The fourth-order valence-electron chi connectivity index (χ4n) is 2.93. The normalized spacial score (nSPS) is 16.1. The number of carbonyl (C=O) groups excluding carboxylic acids is 2. The summed E-state index contributed by atoms with van der Waals surface area (Å²) in [4.78, 5) is 26.0. The number of carbonyl (C=O) groups is 2. The van der Waals surface area contributed by atoms with Gasteiger partial charge in [-0.15, -0.1) is 0 Å². The Hall–Kier alpha value is -1.88.